The van der Waals surface area contributed by atoms with Crippen molar-refractivity contribution in [1.29, 1.82) is 5.26 Å². The number of nitriles is 1. The van der Waals surface area contributed by atoms with Gasteiger partial charge in [0.25, 0.3) is 0 Å². The molecular weight excluding hydrogens is 2010 g/mol. The molecule has 0 radical (unpaired) electrons. The van der Waals surface area contributed by atoms with Crippen molar-refractivity contribution >= 4 is 117 Å². The van der Waals surface area contributed by atoms with Gasteiger partial charge in [0.05, 0.1) is 68.7 Å². The molecule has 14 aromatic rings. The number of thiazole rings is 6. The van der Waals surface area contributed by atoms with E-state index in [-0.39, 0.29) is 83.5 Å². The zero-order chi connectivity index (χ0) is 112. The predicted octanol–water partition coefficient (Wildman–Crippen LogP) is 30.7. The summed E-state index contributed by atoms with van der Waals surface area (Å²) in [5.41, 5.74) is 25.3. The smallest absolute Gasteiger partial charge is 0.239 e. The lowest BCUT2D eigenvalue weighted by molar-refractivity contribution is -0.118. The van der Waals surface area contributed by atoms with Crippen LogP contribution in [0.15, 0.2) is 175 Å². The molecule has 14 rings (SSSR count). The lowest BCUT2D eigenvalue weighted by Gasteiger charge is -2.17. The summed E-state index contributed by atoms with van der Waals surface area (Å²) in [6.07, 6.45) is 18.6. The molecule has 0 saturated carbocycles. The number of aromatic nitrogens is 17. The number of hydrogen-bond acceptors (Lipinski definition) is 28. The van der Waals surface area contributed by atoms with Crippen LogP contribution in [0.3, 0.4) is 0 Å². The zero-order valence-electron chi connectivity index (χ0n) is 97.1. The summed E-state index contributed by atoms with van der Waals surface area (Å²) in [5.74, 6) is 1.65. The van der Waals surface area contributed by atoms with E-state index in [4.69, 9.17) is 25.6 Å². The molecule has 4 N–H and O–H groups in total. The van der Waals surface area contributed by atoms with E-state index in [9.17, 15) is 4.79 Å². The van der Waals surface area contributed by atoms with Gasteiger partial charge in [0.1, 0.15) is 24.6 Å². The highest BCUT2D eigenvalue weighted by atomic mass is 79.9. The van der Waals surface area contributed by atoms with Crippen molar-refractivity contribution in [2.45, 2.75) is 387 Å². The standard InChI is InChI=1S/2C9H16N2S.2C9H13N.C8H11BrO.C8H14N4O.C8H12N4.C8H13NS.C8H12O.C8H12S.C7H13N3.C7H12N2S.2C7H11NS/c1-9(2,3)7-6-12-8(10-7)11(4)5;1-9(2,3)7-6-10-8(12-7)11(4)5;1-9(2,3)8-5-4-6-10-7-8;1-9(2,3)8-6-4-5-7-10-8;1-8(2,3)6-4-5-7(9)10-6;1-8(2,3)6-4-12(11-10-6)5-7(9)13;1-8(2,3)7-6-12(5-4-9)11-10-7;1-6-9-5-7(10-6)8(2,3)4;2*1-8(2,3)7-5-4-6-9-7;1-7(2,3)6-5-10(4)9-8-6;1-7(2,3)5-4-10-6(8)9-5;1-7(2,3)6-4-9-5-8-6;1-7(2,3)6-4-8-5-9-6/h2*6H,1-5H3;2*4-7H,1-3H3;4-5H,1-3H3;4H,5H2,1-3H3,(H2,9,13);6H,5H2,1-3H3;5H,1-4H3;2*4-6H,1-3H3;5H,1-4H3;4H,1-3H3,(H2,8,9);2*4-5H,1-3H3. The quantitative estimate of drug-likeness (QED) is 0.162. The molecular formula is C112H179BrN22O3S7. The molecule has 33 heteroatoms. The molecule has 0 saturated heterocycles. The number of primary amides is 1. The van der Waals surface area contributed by atoms with Crippen LogP contribution in [0.4, 0.5) is 15.4 Å². The molecule has 0 aliphatic rings. The Bertz CT molecular complexity index is 5340. The molecule has 0 bridgehead atoms. The highest BCUT2D eigenvalue weighted by Gasteiger charge is 2.26. The van der Waals surface area contributed by atoms with Gasteiger partial charge >= 0.3 is 0 Å². The normalized spacial score (nSPS) is 11.8. The van der Waals surface area contributed by atoms with Crippen LogP contribution < -0.4 is 21.3 Å². The third-order valence-corrected chi connectivity index (χ3v) is 27.7. The van der Waals surface area contributed by atoms with E-state index < -0.39 is 5.91 Å². The molecule has 804 valence electrons. The van der Waals surface area contributed by atoms with E-state index in [0.29, 0.717) is 10.5 Å². The summed E-state index contributed by atoms with van der Waals surface area (Å²) in [6.45, 7) is 92.8. The number of pyridine rings is 2. The number of carbonyl (C=O) groups is 1. The maximum atomic E-state index is 10.6. The zero-order valence-corrected chi connectivity index (χ0v) is 104. The van der Waals surface area contributed by atoms with Crippen LogP contribution in [-0.4, -0.2) is 119 Å². The van der Waals surface area contributed by atoms with E-state index in [2.05, 4.69) is 397 Å². The molecule has 0 aromatic carbocycles. The fraction of sp³-hybridized carbons (Fsp3) is 0.571. The van der Waals surface area contributed by atoms with E-state index >= 15 is 0 Å². The van der Waals surface area contributed by atoms with Crippen LogP contribution in [0, 0.1) is 18.3 Å². The second kappa shape index (κ2) is 58.5. The molecule has 14 aromatic heterocycles. The van der Waals surface area contributed by atoms with Crippen molar-refractivity contribution in [2.75, 3.05) is 43.7 Å². The van der Waals surface area contributed by atoms with Gasteiger partial charge in [-0.05, 0) is 109 Å². The number of nitrogen functional groups attached to an aromatic ring is 1. The number of nitrogens with two attached hydrogens (primary N) is 2. The Morgan fingerprint density at radius 1 is 0.414 bits per heavy atom. The molecule has 145 heavy (non-hydrogen) atoms. The first-order valence-corrected chi connectivity index (χ1v) is 55.5. The van der Waals surface area contributed by atoms with Crippen LogP contribution >= 0.6 is 95.3 Å². The van der Waals surface area contributed by atoms with Gasteiger partial charge in [-0.2, -0.15) is 5.26 Å². The van der Waals surface area contributed by atoms with E-state index in [1.165, 1.54) is 52.5 Å². The summed E-state index contributed by atoms with van der Waals surface area (Å²) in [4.78, 5) is 53.9. The number of anilines is 3. The number of nitrogens with zero attached hydrogens (tertiary/aromatic N) is 20. The van der Waals surface area contributed by atoms with Gasteiger partial charge in [-0.3, -0.25) is 24.4 Å². The minimum atomic E-state index is -0.412. The van der Waals surface area contributed by atoms with Crippen molar-refractivity contribution < 1.29 is 13.6 Å². The molecule has 1 amide bonds. The van der Waals surface area contributed by atoms with E-state index in [1.54, 1.807) is 84.7 Å². The number of halogens is 1. The monoisotopic (exact) mass is 2180 g/mol. The lowest BCUT2D eigenvalue weighted by atomic mass is 9.88. The lowest BCUT2D eigenvalue weighted by Crippen LogP contribution is -2.19. The summed E-state index contributed by atoms with van der Waals surface area (Å²) in [6, 6.07) is 24.2. The van der Waals surface area contributed by atoms with Gasteiger partial charge in [0, 0.05) is 175 Å². The van der Waals surface area contributed by atoms with Gasteiger partial charge in [-0.1, -0.05) is 325 Å². The van der Waals surface area contributed by atoms with Crippen LogP contribution in [0.25, 0.3) is 0 Å². The Kier molecular flexibility index (Phi) is 53.9. The molecule has 0 aliphatic heterocycles. The highest BCUT2D eigenvalue weighted by molar-refractivity contribution is 9.10. The second-order valence-corrected chi connectivity index (χ2v) is 56.7. The van der Waals surface area contributed by atoms with Crippen LogP contribution in [0.5, 0.6) is 0 Å². The average Bonchev–Trinajstić information content (AvgIpc) is 1.68. The molecule has 25 nitrogen and oxygen atoms in total. The maximum Gasteiger partial charge on any atom is 0.239 e. The third-order valence-electron chi connectivity index (χ3n) is 19.6. The van der Waals surface area contributed by atoms with Crippen molar-refractivity contribution in [3.05, 3.63) is 247 Å². The fourth-order valence-electron chi connectivity index (χ4n) is 10.2. The van der Waals surface area contributed by atoms with Crippen molar-refractivity contribution in [3.8, 4) is 6.07 Å². The Hall–Kier alpha value is -9.40. The summed E-state index contributed by atoms with van der Waals surface area (Å²) >= 11 is 15.2. The molecule has 0 spiro atoms. The van der Waals surface area contributed by atoms with Gasteiger partial charge in [0.2, 0.25) is 5.91 Å². The van der Waals surface area contributed by atoms with Crippen LogP contribution in [-0.2, 0) is 101 Å². The number of rotatable bonds is 5. The van der Waals surface area contributed by atoms with Crippen molar-refractivity contribution in [3.63, 3.8) is 0 Å². The number of amides is 1. The minimum absolute atomic E-state index is 0.00764. The van der Waals surface area contributed by atoms with Gasteiger partial charge in [0.15, 0.2) is 20.1 Å². The van der Waals surface area contributed by atoms with Crippen LogP contribution in [0.1, 0.15) is 372 Å². The summed E-state index contributed by atoms with van der Waals surface area (Å²) < 4.78 is 16.1. The third kappa shape index (κ3) is 56.0. The molecule has 0 atom stereocenters. The Morgan fingerprint density at radius 3 is 1.16 bits per heavy atom. The highest BCUT2D eigenvalue weighted by Crippen LogP contribution is 2.35. The number of thiophene rings is 1. The minimum Gasteiger partial charge on any atom is -0.469 e. The molecule has 14 heterocycles. The van der Waals surface area contributed by atoms with Crippen LogP contribution in [0.2, 0.25) is 0 Å². The number of aryl methyl sites for hydroxylation is 2. The van der Waals surface area contributed by atoms with Gasteiger partial charge in [-0.15, -0.1) is 94.7 Å². The first-order valence-electron chi connectivity index (χ1n) is 48.6. The Morgan fingerprint density at radius 2 is 0.903 bits per heavy atom. The maximum absolute atomic E-state index is 10.6. The first kappa shape index (κ1) is 134. The second-order valence-electron chi connectivity index (χ2n) is 49.4. The fourth-order valence-corrected chi connectivity index (χ4v) is 16.4. The first-order chi connectivity index (χ1) is 65.9. The van der Waals surface area contributed by atoms with Gasteiger partial charge < -0.3 is 30.1 Å². The summed E-state index contributed by atoms with van der Waals surface area (Å²) in [5, 5.41) is 44.1. The van der Waals surface area contributed by atoms with Crippen molar-refractivity contribution in [1.82, 2.24) is 84.9 Å². The van der Waals surface area contributed by atoms with Gasteiger partial charge in [-0.25, -0.2) is 34.3 Å². The Balaban J connectivity index is 0.000000782. The largest absolute Gasteiger partial charge is 0.469 e. The number of hydrogen-bond donors (Lipinski definition) is 2. The SMILES string of the molecule is CC(C)(C)c1ccc(Br)o1.CC(C)(C)c1ccccn1.CC(C)(C)c1cccnc1.CC(C)(C)c1ccco1.CC(C)(C)c1cccs1.CC(C)(C)c1cn(CC#N)nn1.CC(C)(C)c1cn(CC(N)=O)nn1.CC(C)(C)c1cncs1.CC(C)(C)c1csc(N)n1.CC(C)(C)c1cscn1.CN(C)c1nc(C(C)(C)C)cs1.CN(C)c1ncc(C(C)(C)C)s1.Cc1ncc(C(C)(C)C)s1.Cn1cc(C(C)(C)C)nn1. The molecule has 0 fully saturated rings. The topological polar surface area (TPSA) is 321 Å². The number of carbonyl (C=O) groups excluding carboxylic acids is 1. The molecule has 0 aliphatic carbocycles. The Labute approximate surface area is 909 Å². The van der Waals surface area contributed by atoms with Crippen molar-refractivity contribution in [2.24, 2.45) is 12.8 Å². The van der Waals surface area contributed by atoms with E-state index in [1.807, 2.05) is 192 Å². The number of furan rings is 2. The molecule has 0 unspecified atom stereocenters. The predicted molar refractivity (Wildman–Crippen MR) is 626 cm³/mol. The van der Waals surface area contributed by atoms with E-state index in [0.717, 1.165) is 59.9 Å². The average molecular weight is 2190 g/mol. The summed E-state index contributed by atoms with van der Waals surface area (Å²) in [7, 11) is 9.95.